The zero-order valence-electron chi connectivity index (χ0n) is 10.8. The SMILES string of the molecule is CCNC1CCC(C)(C)CC1Sc1ncns1. The second-order valence-electron chi connectivity index (χ2n) is 5.43. The molecule has 0 aromatic carbocycles. The molecule has 5 heteroatoms. The summed E-state index contributed by atoms with van der Waals surface area (Å²) in [5.74, 6) is 0. The molecule has 1 saturated carbocycles. The van der Waals surface area contributed by atoms with Crippen LogP contribution in [0.3, 0.4) is 0 Å². The lowest BCUT2D eigenvalue weighted by Crippen LogP contribution is -2.44. The van der Waals surface area contributed by atoms with E-state index in [0.29, 0.717) is 16.7 Å². The van der Waals surface area contributed by atoms with Gasteiger partial charge < -0.3 is 5.32 Å². The predicted octanol–water partition coefficient (Wildman–Crippen LogP) is 3.19. The van der Waals surface area contributed by atoms with Crippen molar-refractivity contribution in [3.05, 3.63) is 6.33 Å². The number of nitrogens with zero attached hydrogens (tertiary/aromatic N) is 2. The third-order valence-electron chi connectivity index (χ3n) is 3.39. The zero-order valence-corrected chi connectivity index (χ0v) is 12.4. The summed E-state index contributed by atoms with van der Waals surface area (Å²) in [7, 11) is 0. The molecule has 2 atom stereocenters. The fourth-order valence-corrected chi connectivity index (χ4v) is 4.73. The summed E-state index contributed by atoms with van der Waals surface area (Å²) in [6, 6.07) is 0.627. The van der Waals surface area contributed by atoms with Crippen LogP contribution in [-0.4, -0.2) is 27.2 Å². The van der Waals surface area contributed by atoms with E-state index in [-0.39, 0.29) is 0 Å². The van der Waals surface area contributed by atoms with Crippen LogP contribution >= 0.6 is 23.3 Å². The molecule has 0 bridgehead atoms. The molecule has 1 aliphatic rings. The van der Waals surface area contributed by atoms with Gasteiger partial charge in [-0.3, -0.25) is 0 Å². The molecule has 2 rings (SSSR count). The van der Waals surface area contributed by atoms with Crippen molar-refractivity contribution in [2.24, 2.45) is 5.41 Å². The fraction of sp³-hybridized carbons (Fsp3) is 0.833. The Hall–Kier alpha value is -0.130. The second kappa shape index (κ2) is 5.67. The number of hydrogen-bond donors (Lipinski definition) is 1. The van der Waals surface area contributed by atoms with Crippen molar-refractivity contribution in [1.82, 2.24) is 14.7 Å². The summed E-state index contributed by atoms with van der Waals surface area (Å²) in [5, 5.41) is 4.25. The van der Waals surface area contributed by atoms with E-state index in [9.17, 15) is 0 Å². The smallest absolute Gasteiger partial charge is 0.170 e. The third kappa shape index (κ3) is 3.66. The molecule has 0 amide bonds. The van der Waals surface area contributed by atoms with Gasteiger partial charge in [0.2, 0.25) is 0 Å². The van der Waals surface area contributed by atoms with Crippen LogP contribution in [0.4, 0.5) is 0 Å². The van der Waals surface area contributed by atoms with Gasteiger partial charge in [0.1, 0.15) is 6.33 Å². The summed E-state index contributed by atoms with van der Waals surface area (Å²) in [6.07, 6.45) is 5.51. The maximum Gasteiger partial charge on any atom is 0.170 e. The van der Waals surface area contributed by atoms with E-state index in [2.05, 4.69) is 35.4 Å². The van der Waals surface area contributed by atoms with Crippen molar-refractivity contribution in [3.63, 3.8) is 0 Å². The number of aromatic nitrogens is 2. The highest BCUT2D eigenvalue weighted by Crippen LogP contribution is 2.42. The minimum Gasteiger partial charge on any atom is -0.313 e. The molecule has 1 fully saturated rings. The standard InChI is InChI=1S/C12H21N3S2/c1-4-13-9-5-6-12(2,3)7-10(9)16-11-14-8-15-17-11/h8-10,13H,4-7H2,1-3H3. The first-order valence-electron chi connectivity index (χ1n) is 6.27. The fourth-order valence-electron chi connectivity index (χ4n) is 2.48. The Morgan fingerprint density at radius 3 is 3.06 bits per heavy atom. The molecule has 17 heavy (non-hydrogen) atoms. The quantitative estimate of drug-likeness (QED) is 0.912. The van der Waals surface area contributed by atoms with Gasteiger partial charge in [-0.05, 0) is 42.8 Å². The van der Waals surface area contributed by atoms with E-state index < -0.39 is 0 Å². The van der Waals surface area contributed by atoms with Crippen LogP contribution in [0.1, 0.15) is 40.0 Å². The normalized spacial score (nSPS) is 28.2. The van der Waals surface area contributed by atoms with Crippen LogP contribution in [0.5, 0.6) is 0 Å². The van der Waals surface area contributed by atoms with E-state index >= 15 is 0 Å². The molecule has 3 nitrogen and oxygen atoms in total. The molecule has 0 spiro atoms. The second-order valence-corrected chi connectivity index (χ2v) is 7.70. The van der Waals surface area contributed by atoms with Crippen LogP contribution in [-0.2, 0) is 0 Å². The maximum atomic E-state index is 4.30. The molecule has 96 valence electrons. The van der Waals surface area contributed by atoms with E-state index in [1.165, 1.54) is 30.8 Å². The molecular weight excluding hydrogens is 250 g/mol. The highest BCUT2D eigenvalue weighted by atomic mass is 32.2. The molecule has 0 saturated heterocycles. The minimum absolute atomic E-state index is 0.467. The molecule has 2 unspecified atom stereocenters. The van der Waals surface area contributed by atoms with Crippen molar-refractivity contribution >= 4 is 23.3 Å². The van der Waals surface area contributed by atoms with Gasteiger partial charge in [0.05, 0.1) is 0 Å². The average molecular weight is 271 g/mol. The van der Waals surface area contributed by atoms with Gasteiger partial charge in [0.15, 0.2) is 4.34 Å². The lowest BCUT2D eigenvalue weighted by atomic mass is 9.75. The Morgan fingerprint density at radius 1 is 1.59 bits per heavy atom. The topological polar surface area (TPSA) is 37.8 Å². The van der Waals surface area contributed by atoms with E-state index in [0.717, 1.165) is 10.9 Å². The van der Waals surface area contributed by atoms with Gasteiger partial charge in [-0.15, -0.1) is 0 Å². The van der Waals surface area contributed by atoms with Gasteiger partial charge in [-0.25, -0.2) is 4.98 Å². The Bertz CT molecular complexity index is 338. The first kappa shape index (κ1) is 13.3. The minimum atomic E-state index is 0.467. The van der Waals surface area contributed by atoms with Gasteiger partial charge in [0.25, 0.3) is 0 Å². The van der Waals surface area contributed by atoms with E-state index in [1.807, 2.05) is 11.8 Å². The Kier molecular flexibility index (Phi) is 4.44. The summed E-state index contributed by atoms with van der Waals surface area (Å²) >= 11 is 3.41. The largest absolute Gasteiger partial charge is 0.313 e. The lowest BCUT2D eigenvalue weighted by Gasteiger charge is -2.40. The molecule has 1 heterocycles. The maximum absolute atomic E-state index is 4.30. The molecular formula is C12H21N3S2. The van der Waals surface area contributed by atoms with Gasteiger partial charge in [-0.2, -0.15) is 4.37 Å². The number of rotatable bonds is 4. The first-order valence-corrected chi connectivity index (χ1v) is 7.93. The van der Waals surface area contributed by atoms with E-state index in [4.69, 9.17) is 0 Å². The van der Waals surface area contributed by atoms with Crippen molar-refractivity contribution in [1.29, 1.82) is 0 Å². The molecule has 1 aromatic heterocycles. The zero-order chi connectivity index (χ0) is 12.3. The van der Waals surface area contributed by atoms with Crippen LogP contribution < -0.4 is 5.32 Å². The number of thioether (sulfide) groups is 1. The number of nitrogens with one attached hydrogen (secondary N) is 1. The monoisotopic (exact) mass is 271 g/mol. The molecule has 0 radical (unpaired) electrons. The van der Waals surface area contributed by atoms with E-state index in [1.54, 1.807) is 6.33 Å². The molecule has 0 aliphatic heterocycles. The van der Waals surface area contributed by atoms with Crippen LogP contribution in [0.25, 0.3) is 0 Å². The lowest BCUT2D eigenvalue weighted by molar-refractivity contribution is 0.215. The predicted molar refractivity (Wildman–Crippen MR) is 74.7 cm³/mol. The Morgan fingerprint density at radius 2 is 2.41 bits per heavy atom. The molecule has 1 aromatic rings. The Labute approximate surface area is 112 Å². The van der Waals surface area contributed by atoms with Crippen LogP contribution in [0.2, 0.25) is 0 Å². The Balaban J connectivity index is 2.02. The summed E-state index contributed by atoms with van der Waals surface area (Å²) < 4.78 is 5.19. The van der Waals surface area contributed by atoms with Gasteiger partial charge >= 0.3 is 0 Å². The van der Waals surface area contributed by atoms with Crippen molar-refractivity contribution in [2.75, 3.05) is 6.54 Å². The summed E-state index contributed by atoms with van der Waals surface area (Å²) in [5.41, 5.74) is 0.467. The van der Waals surface area contributed by atoms with Crippen molar-refractivity contribution < 1.29 is 0 Å². The van der Waals surface area contributed by atoms with Crippen molar-refractivity contribution in [2.45, 2.75) is 55.7 Å². The highest BCUT2D eigenvalue weighted by Gasteiger charge is 2.35. The van der Waals surface area contributed by atoms with Gasteiger partial charge in [0, 0.05) is 11.3 Å². The van der Waals surface area contributed by atoms with Crippen LogP contribution in [0.15, 0.2) is 10.7 Å². The number of hydrogen-bond acceptors (Lipinski definition) is 5. The first-order chi connectivity index (χ1) is 8.11. The highest BCUT2D eigenvalue weighted by molar-refractivity contribution is 8.01. The van der Waals surface area contributed by atoms with Crippen molar-refractivity contribution in [3.8, 4) is 0 Å². The summed E-state index contributed by atoms with van der Waals surface area (Å²) in [4.78, 5) is 4.30. The molecule has 1 aliphatic carbocycles. The van der Waals surface area contributed by atoms with Crippen LogP contribution in [0, 0.1) is 5.41 Å². The third-order valence-corrected chi connectivity index (χ3v) is 5.47. The molecule has 1 N–H and O–H groups in total. The average Bonchev–Trinajstić information content (AvgIpc) is 2.74. The van der Waals surface area contributed by atoms with Gasteiger partial charge in [-0.1, -0.05) is 32.5 Å². The summed E-state index contributed by atoms with van der Waals surface area (Å²) in [6.45, 7) is 8.00.